The fourth-order valence-electron chi connectivity index (χ4n) is 2.14. The Hall–Kier alpha value is -1.00. The summed E-state index contributed by atoms with van der Waals surface area (Å²) < 4.78 is 18.3. The largest absolute Gasteiger partial charge is 0.495 e. The van der Waals surface area contributed by atoms with E-state index in [4.69, 9.17) is 39.5 Å². The quantitative estimate of drug-likeness (QED) is 0.829. The van der Waals surface area contributed by atoms with Gasteiger partial charge < -0.3 is 10.1 Å². The molecule has 2 nitrogen and oxygen atoms in total. The number of hydrogen-bond donors (Lipinski definition) is 1. The molecule has 6 heteroatoms. The Morgan fingerprint density at radius 1 is 1.00 bits per heavy atom. The number of nitrogens with one attached hydrogen (secondary N) is 1. The van der Waals surface area contributed by atoms with Crippen molar-refractivity contribution in [2.24, 2.45) is 0 Å². The van der Waals surface area contributed by atoms with E-state index in [1.165, 1.54) is 19.2 Å². The summed E-state index contributed by atoms with van der Waals surface area (Å²) in [4.78, 5) is 0. The molecule has 0 amide bonds. The van der Waals surface area contributed by atoms with Crippen molar-refractivity contribution in [2.45, 2.75) is 6.04 Å². The lowest BCUT2D eigenvalue weighted by Crippen LogP contribution is -2.18. The van der Waals surface area contributed by atoms with E-state index in [0.29, 0.717) is 26.4 Å². The van der Waals surface area contributed by atoms with Crippen LogP contribution in [-0.4, -0.2) is 14.2 Å². The standard InChI is InChI=1S/C15H13Cl3FNO/c1-20-15(9-4-3-8(19)5-11(9)16)10-6-13(18)14(21-2)7-12(10)17/h3-7,15,20H,1-2H3. The Balaban J connectivity index is 2.53. The minimum atomic E-state index is -0.391. The molecule has 0 radical (unpaired) electrons. The maximum atomic E-state index is 13.2. The summed E-state index contributed by atoms with van der Waals surface area (Å²) in [6.07, 6.45) is 0. The van der Waals surface area contributed by atoms with Gasteiger partial charge in [0.2, 0.25) is 0 Å². The Labute approximate surface area is 137 Å². The Kier molecular flexibility index (Phi) is 5.33. The number of methoxy groups -OCH3 is 1. The SMILES string of the molecule is CNC(c1ccc(F)cc1Cl)c1cc(Cl)c(OC)cc1Cl. The zero-order valence-corrected chi connectivity index (χ0v) is 13.7. The first-order valence-corrected chi connectivity index (χ1v) is 7.26. The number of hydrogen-bond acceptors (Lipinski definition) is 2. The van der Waals surface area contributed by atoms with Gasteiger partial charge in [0.1, 0.15) is 11.6 Å². The highest BCUT2D eigenvalue weighted by Gasteiger charge is 2.20. The van der Waals surface area contributed by atoms with Gasteiger partial charge in [0.15, 0.2) is 0 Å². The van der Waals surface area contributed by atoms with Crippen molar-refractivity contribution >= 4 is 34.8 Å². The number of halogens is 4. The topological polar surface area (TPSA) is 21.3 Å². The Bertz CT molecular complexity index is 664. The molecule has 0 heterocycles. The highest BCUT2D eigenvalue weighted by Crippen LogP contribution is 2.37. The molecular formula is C15H13Cl3FNO. The van der Waals surface area contributed by atoms with Gasteiger partial charge in [-0.2, -0.15) is 0 Å². The molecule has 0 aliphatic heterocycles. The van der Waals surface area contributed by atoms with E-state index in [1.54, 1.807) is 25.2 Å². The van der Waals surface area contributed by atoms with Gasteiger partial charge in [-0.3, -0.25) is 0 Å². The molecule has 0 bridgehead atoms. The third-order valence-corrected chi connectivity index (χ3v) is 4.09. The highest BCUT2D eigenvalue weighted by atomic mass is 35.5. The normalized spacial score (nSPS) is 12.3. The monoisotopic (exact) mass is 347 g/mol. The molecule has 0 aromatic heterocycles. The van der Waals surface area contributed by atoms with E-state index in [9.17, 15) is 4.39 Å². The van der Waals surface area contributed by atoms with Crippen molar-refractivity contribution in [3.63, 3.8) is 0 Å². The second-order valence-electron chi connectivity index (χ2n) is 4.40. The van der Waals surface area contributed by atoms with E-state index < -0.39 is 5.82 Å². The molecular weight excluding hydrogens is 336 g/mol. The van der Waals surface area contributed by atoms with E-state index in [1.807, 2.05) is 0 Å². The molecule has 1 N–H and O–H groups in total. The minimum Gasteiger partial charge on any atom is -0.495 e. The van der Waals surface area contributed by atoms with E-state index in [0.717, 1.165) is 5.56 Å². The summed E-state index contributed by atoms with van der Waals surface area (Å²) in [6, 6.07) is 7.27. The second-order valence-corrected chi connectivity index (χ2v) is 5.62. The van der Waals surface area contributed by atoms with Crippen LogP contribution in [-0.2, 0) is 0 Å². The minimum absolute atomic E-state index is 0.311. The lowest BCUT2D eigenvalue weighted by Gasteiger charge is -2.21. The summed E-state index contributed by atoms with van der Waals surface area (Å²) in [5, 5.41) is 4.35. The smallest absolute Gasteiger partial charge is 0.138 e. The van der Waals surface area contributed by atoms with Crippen molar-refractivity contribution in [3.05, 3.63) is 62.3 Å². The van der Waals surface area contributed by atoms with Crippen LogP contribution in [0, 0.1) is 5.82 Å². The van der Waals surface area contributed by atoms with Crippen molar-refractivity contribution in [3.8, 4) is 5.75 Å². The van der Waals surface area contributed by atoms with Crippen LogP contribution in [0.3, 0.4) is 0 Å². The van der Waals surface area contributed by atoms with E-state index in [-0.39, 0.29) is 6.04 Å². The Morgan fingerprint density at radius 3 is 2.24 bits per heavy atom. The van der Waals surface area contributed by atoms with Crippen LogP contribution in [0.1, 0.15) is 17.2 Å². The summed E-state index contributed by atoms with van der Waals surface area (Å²) >= 11 is 18.6. The maximum Gasteiger partial charge on any atom is 0.138 e. The average Bonchev–Trinajstić information content (AvgIpc) is 2.45. The van der Waals surface area contributed by atoms with Gasteiger partial charge in [0.05, 0.1) is 18.2 Å². The zero-order valence-electron chi connectivity index (χ0n) is 11.4. The van der Waals surface area contributed by atoms with Gasteiger partial charge in [-0.1, -0.05) is 40.9 Å². The molecule has 21 heavy (non-hydrogen) atoms. The number of ether oxygens (including phenoxy) is 1. The molecule has 0 saturated carbocycles. The summed E-state index contributed by atoms with van der Waals surface area (Å²) in [6.45, 7) is 0. The Morgan fingerprint density at radius 2 is 1.67 bits per heavy atom. The van der Waals surface area contributed by atoms with Crippen LogP contribution in [0.25, 0.3) is 0 Å². The van der Waals surface area contributed by atoms with Crippen molar-refractivity contribution < 1.29 is 9.13 Å². The maximum absolute atomic E-state index is 13.2. The predicted molar refractivity (Wildman–Crippen MR) is 85.3 cm³/mol. The van der Waals surface area contributed by atoms with Gasteiger partial charge in [-0.05, 0) is 36.4 Å². The molecule has 1 atom stereocenters. The van der Waals surface area contributed by atoms with Crippen LogP contribution in [0.2, 0.25) is 15.1 Å². The van der Waals surface area contributed by atoms with E-state index >= 15 is 0 Å². The van der Waals surface area contributed by atoms with Gasteiger partial charge in [-0.25, -0.2) is 4.39 Å². The zero-order chi connectivity index (χ0) is 15.6. The molecule has 0 fully saturated rings. The molecule has 112 valence electrons. The van der Waals surface area contributed by atoms with Crippen LogP contribution in [0.5, 0.6) is 5.75 Å². The molecule has 0 aliphatic carbocycles. The van der Waals surface area contributed by atoms with Crippen LogP contribution < -0.4 is 10.1 Å². The summed E-state index contributed by atoms with van der Waals surface area (Å²) in [5.74, 6) is 0.0999. The van der Waals surface area contributed by atoms with Gasteiger partial charge in [0, 0.05) is 16.1 Å². The first-order chi connectivity index (χ1) is 9.97. The fourth-order valence-corrected chi connectivity index (χ4v) is 2.92. The lowest BCUT2D eigenvalue weighted by atomic mass is 9.98. The van der Waals surface area contributed by atoms with Crippen molar-refractivity contribution in [1.82, 2.24) is 5.32 Å². The summed E-state index contributed by atoms with van der Waals surface area (Å²) in [7, 11) is 3.28. The molecule has 1 unspecified atom stereocenters. The van der Waals surface area contributed by atoms with Gasteiger partial charge >= 0.3 is 0 Å². The van der Waals surface area contributed by atoms with Crippen LogP contribution in [0.4, 0.5) is 4.39 Å². The molecule has 0 spiro atoms. The van der Waals surface area contributed by atoms with Crippen molar-refractivity contribution in [1.29, 1.82) is 0 Å². The van der Waals surface area contributed by atoms with Crippen molar-refractivity contribution in [2.75, 3.05) is 14.2 Å². The first kappa shape index (κ1) is 16.4. The number of rotatable bonds is 4. The first-order valence-electron chi connectivity index (χ1n) is 6.13. The molecule has 2 aromatic carbocycles. The lowest BCUT2D eigenvalue weighted by molar-refractivity contribution is 0.415. The third kappa shape index (κ3) is 3.43. The average molecular weight is 349 g/mol. The van der Waals surface area contributed by atoms with Crippen LogP contribution in [0.15, 0.2) is 30.3 Å². The second kappa shape index (κ2) is 6.84. The third-order valence-electron chi connectivity index (χ3n) is 3.14. The van der Waals surface area contributed by atoms with Gasteiger partial charge in [0.25, 0.3) is 0 Å². The molecule has 0 saturated heterocycles. The molecule has 0 aliphatic rings. The summed E-state index contributed by atoms with van der Waals surface area (Å²) in [5.41, 5.74) is 1.45. The fraction of sp³-hybridized carbons (Fsp3) is 0.200. The molecule has 2 rings (SSSR count). The predicted octanol–water partition coefficient (Wildman–Crippen LogP) is 5.10. The van der Waals surface area contributed by atoms with Gasteiger partial charge in [-0.15, -0.1) is 0 Å². The highest BCUT2D eigenvalue weighted by molar-refractivity contribution is 6.35. The molecule has 2 aromatic rings. The number of benzene rings is 2. The van der Waals surface area contributed by atoms with Crippen LogP contribution >= 0.6 is 34.8 Å². The van der Waals surface area contributed by atoms with E-state index in [2.05, 4.69) is 5.32 Å².